The lowest BCUT2D eigenvalue weighted by atomic mass is 9.89. The number of methoxy groups -OCH3 is 1. The number of amides is 4. The number of rotatable bonds is 4. The number of benzene rings is 2. The SMILES string of the molecule is COc1ccc2c(c1)C(=O)N(C[C@@]1(c3ccc(O)c(Cl)c3)NC(=O)N(C)C1=O)C2. The quantitative estimate of drug-likeness (QED) is 0.745. The Morgan fingerprint density at radius 1 is 1.21 bits per heavy atom. The number of fused-ring (bicyclic) bond motifs is 1. The van der Waals surface area contributed by atoms with E-state index in [9.17, 15) is 19.5 Å². The van der Waals surface area contributed by atoms with Gasteiger partial charge in [0.1, 0.15) is 11.5 Å². The third kappa shape index (κ3) is 2.87. The van der Waals surface area contributed by atoms with E-state index in [0.29, 0.717) is 23.4 Å². The standard InChI is InChI=1S/C20H18ClN3O5/c1-23-18(27)20(22-19(23)28,12-4-6-16(25)15(21)7-12)10-24-9-11-3-5-13(29-2)8-14(11)17(24)26/h3-8,25H,9-10H2,1-2H3,(H,22,28)/t20-/m0/s1. The van der Waals surface area contributed by atoms with Crippen LogP contribution in [0.3, 0.4) is 0 Å². The van der Waals surface area contributed by atoms with Crippen LogP contribution in [0.2, 0.25) is 5.02 Å². The summed E-state index contributed by atoms with van der Waals surface area (Å²) in [5.74, 6) is -0.359. The first kappa shape index (κ1) is 19.1. The van der Waals surface area contributed by atoms with E-state index < -0.39 is 17.5 Å². The normalized spacial score (nSPS) is 20.9. The van der Waals surface area contributed by atoms with Crippen LogP contribution in [0.25, 0.3) is 0 Å². The molecule has 4 rings (SSSR count). The van der Waals surface area contributed by atoms with Crippen molar-refractivity contribution in [3.05, 3.63) is 58.1 Å². The Labute approximate surface area is 171 Å². The van der Waals surface area contributed by atoms with E-state index in [1.165, 1.54) is 37.3 Å². The summed E-state index contributed by atoms with van der Waals surface area (Å²) < 4.78 is 5.19. The molecule has 2 aromatic rings. The number of carbonyl (C=O) groups excluding carboxylic acids is 3. The average molecular weight is 416 g/mol. The number of carbonyl (C=O) groups is 3. The van der Waals surface area contributed by atoms with Crippen LogP contribution in [0.4, 0.5) is 4.79 Å². The zero-order valence-corrected chi connectivity index (χ0v) is 16.5. The molecule has 0 saturated carbocycles. The second-order valence-electron chi connectivity index (χ2n) is 7.05. The van der Waals surface area contributed by atoms with Gasteiger partial charge in [0.2, 0.25) is 0 Å². The van der Waals surface area contributed by atoms with Gasteiger partial charge in [-0.25, -0.2) is 4.79 Å². The predicted molar refractivity (Wildman–Crippen MR) is 104 cm³/mol. The van der Waals surface area contributed by atoms with Crippen molar-refractivity contribution in [1.29, 1.82) is 0 Å². The maximum absolute atomic E-state index is 13.1. The Balaban J connectivity index is 1.74. The Hall–Kier alpha value is -3.26. The van der Waals surface area contributed by atoms with Gasteiger partial charge >= 0.3 is 6.03 Å². The minimum absolute atomic E-state index is 0.0410. The molecule has 29 heavy (non-hydrogen) atoms. The maximum atomic E-state index is 13.1. The summed E-state index contributed by atoms with van der Waals surface area (Å²) in [7, 11) is 2.89. The van der Waals surface area contributed by atoms with E-state index in [1.54, 1.807) is 18.2 Å². The molecular weight excluding hydrogens is 398 g/mol. The van der Waals surface area contributed by atoms with Crippen LogP contribution in [0.15, 0.2) is 36.4 Å². The molecule has 2 aliphatic heterocycles. The lowest BCUT2D eigenvalue weighted by Crippen LogP contribution is -2.52. The number of aromatic hydroxyl groups is 1. The van der Waals surface area contributed by atoms with Gasteiger partial charge in [0, 0.05) is 19.2 Å². The van der Waals surface area contributed by atoms with Gasteiger partial charge in [-0.3, -0.25) is 14.5 Å². The van der Waals surface area contributed by atoms with E-state index in [4.69, 9.17) is 16.3 Å². The topological polar surface area (TPSA) is 99.2 Å². The van der Waals surface area contributed by atoms with E-state index in [-0.39, 0.29) is 23.2 Å². The molecule has 1 atom stereocenters. The number of imide groups is 1. The molecule has 8 nitrogen and oxygen atoms in total. The Bertz CT molecular complexity index is 1060. The Morgan fingerprint density at radius 3 is 2.59 bits per heavy atom. The van der Waals surface area contributed by atoms with Crippen LogP contribution in [-0.4, -0.2) is 53.5 Å². The minimum Gasteiger partial charge on any atom is -0.506 e. The molecule has 2 aliphatic rings. The Kier molecular flexibility index (Phi) is 4.38. The van der Waals surface area contributed by atoms with Crippen molar-refractivity contribution in [2.45, 2.75) is 12.1 Å². The van der Waals surface area contributed by atoms with Crippen molar-refractivity contribution in [2.75, 3.05) is 20.7 Å². The fraction of sp³-hybridized carbons (Fsp3) is 0.250. The van der Waals surface area contributed by atoms with Gasteiger partial charge in [-0.05, 0) is 35.4 Å². The number of nitrogens with zero attached hydrogens (tertiary/aromatic N) is 2. The molecule has 2 aromatic carbocycles. The highest BCUT2D eigenvalue weighted by molar-refractivity contribution is 6.32. The molecule has 2 N–H and O–H groups in total. The fourth-order valence-corrected chi connectivity index (χ4v) is 3.93. The summed E-state index contributed by atoms with van der Waals surface area (Å²) in [5.41, 5.74) is 0.169. The lowest BCUT2D eigenvalue weighted by molar-refractivity contribution is -0.131. The van der Waals surface area contributed by atoms with E-state index in [0.717, 1.165) is 10.5 Å². The molecule has 0 unspecified atom stereocenters. The van der Waals surface area contributed by atoms with Crippen molar-refractivity contribution in [3.63, 3.8) is 0 Å². The summed E-state index contributed by atoms with van der Waals surface area (Å²) in [6.07, 6.45) is 0. The molecule has 1 fully saturated rings. The molecule has 0 spiro atoms. The zero-order valence-electron chi connectivity index (χ0n) is 15.7. The van der Waals surface area contributed by atoms with Crippen molar-refractivity contribution < 1.29 is 24.2 Å². The van der Waals surface area contributed by atoms with Crippen LogP contribution in [-0.2, 0) is 16.9 Å². The number of halogens is 1. The number of phenols is 1. The monoisotopic (exact) mass is 415 g/mol. The van der Waals surface area contributed by atoms with Gasteiger partial charge in [-0.2, -0.15) is 0 Å². The van der Waals surface area contributed by atoms with Gasteiger partial charge in [-0.1, -0.05) is 23.7 Å². The van der Waals surface area contributed by atoms with Gasteiger partial charge in [0.05, 0.1) is 18.7 Å². The third-order valence-corrected chi connectivity index (χ3v) is 5.66. The largest absolute Gasteiger partial charge is 0.506 e. The molecule has 0 bridgehead atoms. The number of hydrogen-bond acceptors (Lipinski definition) is 5. The number of nitrogens with one attached hydrogen (secondary N) is 1. The second kappa shape index (κ2) is 6.66. The highest BCUT2D eigenvalue weighted by Gasteiger charge is 2.53. The summed E-state index contributed by atoms with van der Waals surface area (Å²) in [4.78, 5) is 40.8. The molecule has 2 heterocycles. The minimum atomic E-state index is -1.51. The van der Waals surface area contributed by atoms with Gasteiger partial charge in [-0.15, -0.1) is 0 Å². The number of phenolic OH excluding ortho intramolecular Hbond substituents is 1. The van der Waals surface area contributed by atoms with E-state index in [2.05, 4.69) is 5.32 Å². The van der Waals surface area contributed by atoms with Crippen LogP contribution in [0, 0.1) is 0 Å². The second-order valence-corrected chi connectivity index (χ2v) is 7.46. The van der Waals surface area contributed by atoms with Crippen LogP contribution < -0.4 is 10.1 Å². The third-order valence-electron chi connectivity index (χ3n) is 5.36. The smallest absolute Gasteiger partial charge is 0.325 e. The van der Waals surface area contributed by atoms with Crippen molar-refractivity contribution >= 4 is 29.4 Å². The zero-order chi connectivity index (χ0) is 20.9. The van der Waals surface area contributed by atoms with Crippen molar-refractivity contribution in [1.82, 2.24) is 15.1 Å². The summed E-state index contributed by atoms with van der Waals surface area (Å²) in [6.45, 7) is 0.206. The number of urea groups is 1. The van der Waals surface area contributed by atoms with Crippen molar-refractivity contribution in [2.24, 2.45) is 0 Å². The molecule has 0 aliphatic carbocycles. The van der Waals surface area contributed by atoms with E-state index in [1.807, 2.05) is 0 Å². The first-order valence-corrected chi connectivity index (χ1v) is 9.20. The van der Waals surface area contributed by atoms with E-state index >= 15 is 0 Å². The van der Waals surface area contributed by atoms with Gasteiger partial charge in [0.25, 0.3) is 11.8 Å². The van der Waals surface area contributed by atoms with Gasteiger partial charge in [0.15, 0.2) is 5.54 Å². The summed E-state index contributed by atoms with van der Waals surface area (Å²) in [6, 6.07) is 8.93. The first-order chi connectivity index (χ1) is 13.8. The van der Waals surface area contributed by atoms with Crippen molar-refractivity contribution in [3.8, 4) is 11.5 Å². The van der Waals surface area contributed by atoms with Crippen LogP contribution in [0.1, 0.15) is 21.5 Å². The molecule has 0 radical (unpaired) electrons. The van der Waals surface area contributed by atoms with Crippen LogP contribution >= 0.6 is 11.6 Å². The molecule has 0 aromatic heterocycles. The molecule has 150 valence electrons. The highest BCUT2D eigenvalue weighted by atomic mass is 35.5. The number of ether oxygens (including phenoxy) is 1. The fourth-order valence-electron chi connectivity index (χ4n) is 3.75. The average Bonchev–Trinajstić information content (AvgIpc) is 3.13. The predicted octanol–water partition coefficient (Wildman–Crippen LogP) is 2.09. The molecule has 1 saturated heterocycles. The summed E-state index contributed by atoms with van der Waals surface area (Å²) in [5, 5.41) is 12.5. The first-order valence-electron chi connectivity index (χ1n) is 8.82. The molecular formula is C20H18ClN3O5. The number of likely N-dealkylation sites (N-methyl/N-ethyl adjacent to an activating group) is 1. The molecule has 9 heteroatoms. The Morgan fingerprint density at radius 2 is 1.97 bits per heavy atom. The number of hydrogen-bond donors (Lipinski definition) is 2. The lowest BCUT2D eigenvalue weighted by Gasteiger charge is -2.31. The van der Waals surface area contributed by atoms with Crippen LogP contribution in [0.5, 0.6) is 11.5 Å². The molecule has 4 amide bonds. The summed E-state index contributed by atoms with van der Waals surface area (Å²) >= 11 is 6.04. The maximum Gasteiger partial charge on any atom is 0.325 e. The highest BCUT2D eigenvalue weighted by Crippen LogP contribution is 2.36. The van der Waals surface area contributed by atoms with Gasteiger partial charge < -0.3 is 20.1 Å².